The van der Waals surface area contributed by atoms with Crippen molar-refractivity contribution in [2.45, 2.75) is 134 Å². The van der Waals surface area contributed by atoms with Crippen molar-refractivity contribution in [3.05, 3.63) is 29.8 Å². The second-order valence-corrected chi connectivity index (χ2v) is 18.0. The Balaban J connectivity index is 1.08. The molecule has 1 aromatic carbocycles. The van der Waals surface area contributed by atoms with Crippen LogP contribution in [0.4, 0.5) is 4.79 Å². The highest BCUT2D eigenvalue weighted by molar-refractivity contribution is 7.90. The number of amides is 2. The van der Waals surface area contributed by atoms with Gasteiger partial charge in [0.2, 0.25) is 0 Å². The fourth-order valence-electron chi connectivity index (χ4n) is 11.9. The predicted molar refractivity (Wildman–Crippen MR) is 177 cm³/mol. The number of fused-ring (bicyclic) bond motifs is 5. The van der Waals surface area contributed by atoms with E-state index >= 15 is 0 Å². The molecule has 2 amide bonds. The van der Waals surface area contributed by atoms with Gasteiger partial charge in [-0.3, -0.25) is 0 Å². The molecule has 5 aliphatic rings. The molecule has 0 heterocycles. The SMILES string of the molecule is CC[C@H]1[C@@H](O)[C@H]2[C@@H]3CC[C@H]([C@H](C)CNC(=O)NS(=O)(=O)c4ccc(C5CCCCC5)cc4)C3(C)CC[C@@H]2[C@@]2(C)CC[C@@H](O)C[C@@H]12. The molecule has 8 heteroatoms. The van der Waals surface area contributed by atoms with Crippen LogP contribution in [-0.4, -0.2) is 43.4 Å². The normalized spacial score (nSPS) is 40.9. The number of benzene rings is 1. The molecule has 5 saturated carbocycles. The Labute approximate surface area is 271 Å². The molecule has 45 heavy (non-hydrogen) atoms. The number of rotatable bonds is 7. The Kier molecular flexibility index (Phi) is 9.43. The Hall–Kier alpha value is -1.64. The minimum Gasteiger partial charge on any atom is -0.393 e. The van der Waals surface area contributed by atoms with Gasteiger partial charge in [0.05, 0.1) is 17.1 Å². The van der Waals surface area contributed by atoms with E-state index in [9.17, 15) is 23.4 Å². The van der Waals surface area contributed by atoms with Crippen LogP contribution in [0.25, 0.3) is 0 Å². The highest BCUT2D eigenvalue weighted by Gasteiger charge is 2.64. The van der Waals surface area contributed by atoms with E-state index in [0.29, 0.717) is 36.1 Å². The lowest BCUT2D eigenvalue weighted by atomic mass is 9.41. The topological polar surface area (TPSA) is 116 Å². The fraction of sp³-hybridized carbons (Fsp3) is 0.811. The molecule has 0 aromatic heterocycles. The first-order valence-electron chi connectivity index (χ1n) is 18.2. The smallest absolute Gasteiger partial charge is 0.328 e. The van der Waals surface area contributed by atoms with Gasteiger partial charge in [0, 0.05) is 6.54 Å². The minimum atomic E-state index is -3.96. The van der Waals surface area contributed by atoms with Gasteiger partial charge in [-0.05, 0) is 134 Å². The van der Waals surface area contributed by atoms with E-state index in [0.717, 1.165) is 64.2 Å². The lowest BCUT2D eigenvalue weighted by Crippen LogP contribution is -2.62. The average molecular weight is 643 g/mol. The monoisotopic (exact) mass is 642 g/mol. The van der Waals surface area contributed by atoms with Gasteiger partial charge in [0.1, 0.15) is 0 Å². The van der Waals surface area contributed by atoms with Gasteiger partial charge >= 0.3 is 6.03 Å². The van der Waals surface area contributed by atoms with Crippen LogP contribution in [0.3, 0.4) is 0 Å². The molecule has 4 N–H and O–H groups in total. The predicted octanol–water partition coefficient (Wildman–Crippen LogP) is 6.99. The van der Waals surface area contributed by atoms with Crippen LogP contribution in [-0.2, 0) is 10.0 Å². The van der Waals surface area contributed by atoms with Crippen molar-refractivity contribution in [2.24, 2.45) is 52.3 Å². The van der Waals surface area contributed by atoms with Crippen LogP contribution in [0.1, 0.15) is 123 Å². The maximum Gasteiger partial charge on any atom is 0.328 e. The third-order valence-electron chi connectivity index (χ3n) is 14.2. The first-order valence-corrected chi connectivity index (χ1v) is 19.6. The zero-order valence-electron chi connectivity index (χ0n) is 28.0. The largest absolute Gasteiger partial charge is 0.393 e. The average Bonchev–Trinajstić information content (AvgIpc) is 3.38. The summed E-state index contributed by atoms with van der Waals surface area (Å²) in [5.74, 6) is 2.94. The summed E-state index contributed by atoms with van der Waals surface area (Å²) in [7, 11) is -3.96. The number of aliphatic hydroxyl groups is 2. The maximum absolute atomic E-state index is 13.0. The molecule has 1 aromatic rings. The van der Waals surface area contributed by atoms with Crippen LogP contribution in [0.2, 0.25) is 0 Å². The van der Waals surface area contributed by atoms with Gasteiger partial charge in [0.25, 0.3) is 10.0 Å². The molecule has 1 unspecified atom stereocenters. The van der Waals surface area contributed by atoms with E-state index in [1.807, 2.05) is 12.1 Å². The van der Waals surface area contributed by atoms with E-state index in [-0.39, 0.29) is 45.7 Å². The highest BCUT2D eigenvalue weighted by Crippen LogP contribution is 2.69. The van der Waals surface area contributed by atoms with Gasteiger partial charge in [-0.2, -0.15) is 0 Å². The third kappa shape index (κ3) is 5.99. The van der Waals surface area contributed by atoms with Crippen molar-refractivity contribution in [3.8, 4) is 0 Å². The quantitative estimate of drug-likeness (QED) is 0.256. The van der Waals surface area contributed by atoms with Crippen molar-refractivity contribution < 1.29 is 23.4 Å². The third-order valence-corrected chi connectivity index (χ3v) is 15.6. The molecular formula is C37H58N2O5S. The molecule has 0 saturated heterocycles. The Morgan fingerprint density at radius 1 is 0.911 bits per heavy atom. The molecule has 7 nitrogen and oxygen atoms in total. The molecule has 0 radical (unpaired) electrons. The van der Waals surface area contributed by atoms with Crippen molar-refractivity contribution in [2.75, 3.05) is 6.54 Å². The summed E-state index contributed by atoms with van der Waals surface area (Å²) in [6, 6.07) is 6.38. The summed E-state index contributed by atoms with van der Waals surface area (Å²) in [5.41, 5.74) is 1.44. The van der Waals surface area contributed by atoms with Crippen LogP contribution in [0, 0.1) is 52.3 Å². The van der Waals surface area contributed by atoms with Crippen molar-refractivity contribution >= 4 is 16.1 Å². The number of hydrogen-bond acceptors (Lipinski definition) is 5. The van der Waals surface area contributed by atoms with Crippen LogP contribution >= 0.6 is 0 Å². The van der Waals surface area contributed by atoms with E-state index < -0.39 is 16.1 Å². The van der Waals surface area contributed by atoms with Crippen LogP contribution in [0.5, 0.6) is 0 Å². The maximum atomic E-state index is 13.0. The van der Waals surface area contributed by atoms with E-state index in [4.69, 9.17) is 0 Å². The van der Waals surface area contributed by atoms with Crippen LogP contribution in [0.15, 0.2) is 29.2 Å². The molecule has 0 spiro atoms. The molecular weight excluding hydrogens is 584 g/mol. The number of carbonyl (C=O) groups excluding carboxylic acids is 1. The van der Waals surface area contributed by atoms with Crippen molar-refractivity contribution in [1.82, 2.24) is 10.0 Å². The molecule has 0 aliphatic heterocycles. The second-order valence-electron chi connectivity index (χ2n) is 16.3. The molecule has 5 fully saturated rings. The summed E-state index contributed by atoms with van der Waals surface area (Å²) in [6.07, 6.45) is 13.6. The molecule has 5 aliphatic carbocycles. The van der Waals surface area contributed by atoms with Gasteiger partial charge in [0.15, 0.2) is 0 Å². The Bertz CT molecular complexity index is 1310. The Morgan fingerprint density at radius 2 is 1.58 bits per heavy atom. The molecule has 252 valence electrons. The van der Waals surface area contributed by atoms with Crippen molar-refractivity contribution in [1.29, 1.82) is 0 Å². The van der Waals surface area contributed by atoms with Crippen molar-refractivity contribution in [3.63, 3.8) is 0 Å². The number of urea groups is 1. The minimum absolute atomic E-state index is 0.0849. The lowest BCUT2D eigenvalue weighted by Gasteiger charge is -2.64. The fourth-order valence-corrected chi connectivity index (χ4v) is 12.8. The van der Waals surface area contributed by atoms with Gasteiger partial charge in [-0.1, -0.05) is 65.5 Å². The van der Waals surface area contributed by atoms with Crippen LogP contribution < -0.4 is 10.0 Å². The van der Waals surface area contributed by atoms with Gasteiger partial charge < -0.3 is 15.5 Å². The van der Waals surface area contributed by atoms with E-state index in [1.165, 1.54) is 24.8 Å². The molecule has 11 atom stereocenters. The summed E-state index contributed by atoms with van der Waals surface area (Å²) in [6.45, 7) is 9.71. The van der Waals surface area contributed by atoms with Gasteiger partial charge in [-0.15, -0.1) is 0 Å². The number of sulfonamides is 1. The summed E-state index contributed by atoms with van der Waals surface area (Å²) in [5, 5.41) is 25.4. The summed E-state index contributed by atoms with van der Waals surface area (Å²) in [4.78, 5) is 13.0. The Morgan fingerprint density at radius 3 is 2.27 bits per heavy atom. The summed E-state index contributed by atoms with van der Waals surface area (Å²) < 4.78 is 28.3. The molecule has 6 rings (SSSR count). The zero-order valence-corrected chi connectivity index (χ0v) is 28.8. The lowest BCUT2D eigenvalue weighted by molar-refractivity contribution is -0.203. The number of aliphatic hydroxyl groups excluding tert-OH is 2. The number of hydrogen-bond donors (Lipinski definition) is 4. The van der Waals surface area contributed by atoms with E-state index in [2.05, 4.69) is 37.7 Å². The standard InChI is InChI=1S/C37H58N2O5S/c1-5-28-32-21-26(40)17-19-37(32,4)31-18-20-36(3)29(15-16-30(36)33(31)34(28)41)23(2)22-38-35(42)39-45(43,44)27-13-11-25(12-14-27)24-9-7-6-8-10-24/h11-14,23-24,26,28-34,40-41H,5-10,15-22H2,1-4H3,(H2,38,39,42)/t23-,26-,28-,29-,30+,31+,32+,33+,34-,36?,37-/m1/s1. The molecule has 0 bridgehead atoms. The first kappa shape index (κ1) is 33.3. The zero-order chi connectivity index (χ0) is 32.1. The van der Waals surface area contributed by atoms with E-state index in [1.54, 1.807) is 12.1 Å². The number of carbonyl (C=O) groups is 1. The number of nitrogens with one attached hydrogen (secondary N) is 2. The first-order chi connectivity index (χ1) is 21.4. The second kappa shape index (κ2) is 12.8. The highest BCUT2D eigenvalue weighted by atomic mass is 32.2. The summed E-state index contributed by atoms with van der Waals surface area (Å²) >= 11 is 0. The van der Waals surface area contributed by atoms with Gasteiger partial charge in [-0.25, -0.2) is 17.9 Å².